The smallest absolute Gasteiger partial charge is 0.366 e. The van der Waals surface area contributed by atoms with Gasteiger partial charge < -0.3 is 28.8 Å². The molecule has 1 fully saturated rings. The lowest BCUT2D eigenvalue weighted by Gasteiger charge is -2.21. The van der Waals surface area contributed by atoms with Gasteiger partial charge in [-0.1, -0.05) is 0 Å². The highest BCUT2D eigenvalue weighted by atomic mass is 17.2. The van der Waals surface area contributed by atoms with Crippen LogP contribution in [-0.2, 0) is 76.6 Å². The zero-order chi connectivity index (χ0) is 29.6. The van der Waals surface area contributed by atoms with Gasteiger partial charge in [0.05, 0.1) is 12.0 Å². The summed E-state index contributed by atoms with van der Waals surface area (Å²) in [6.45, 7) is 1.30. The first kappa shape index (κ1) is 32.6. The van der Waals surface area contributed by atoms with Gasteiger partial charge in [0.25, 0.3) is 0 Å². The van der Waals surface area contributed by atoms with Crippen molar-refractivity contribution in [3.8, 4) is 0 Å². The lowest BCUT2D eigenvalue weighted by Crippen LogP contribution is -2.33. The van der Waals surface area contributed by atoms with E-state index in [4.69, 9.17) is 19.3 Å². The van der Waals surface area contributed by atoms with E-state index in [9.17, 15) is 43.2 Å². The molecular formula is C22H26O17. The quantitative estimate of drug-likeness (QED) is 0.0522. The van der Waals surface area contributed by atoms with Gasteiger partial charge in [-0.05, 0) is 13.8 Å². The van der Waals surface area contributed by atoms with Crippen molar-refractivity contribution in [3.63, 3.8) is 0 Å². The maximum atomic E-state index is 12.0. The molecular weight excluding hydrogens is 536 g/mol. The van der Waals surface area contributed by atoms with Crippen molar-refractivity contribution >= 4 is 53.4 Å². The first-order valence-electron chi connectivity index (χ1n) is 11.1. The van der Waals surface area contributed by atoms with Crippen LogP contribution in [0.4, 0.5) is 0 Å². The van der Waals surface area contributed by atoms with Crippen molar-refractivity contribution in [1.29, 1.82) is 0 Å². The zero-order valence-corrected chi connectivity index (χ0v) is 20.9. The number of Topliss-reactive ketones (excluding diaryl/α,β-unsaturated/α-hetero) is 2. The molecule has 0 saturated carbocycles. The molecule has 1 heterocycles. The minimum absolute atomic E-state index is 0.0753. The highest BCUT2D eigenvalue weighted by Crippen LogP contribution is 2.20. The number of hydrogen-bond donors (Lipinski definition) is 1. The summed E-state index contributed by atoms with van der Waals surface area (Å²) in [6, 6.07) is 0. The molecule has 1 aliphatic rings. The van der Waals surface area contributed by atoms with E-state index in [0.29, 0.717) is 6.61 Å². The van der Waals surface area contributed by atoms with Gasteiger partial charge >= 0.3 is 41.8 Å². The van der Waals surface area contributed by atoms with Crippen LogP contribution in [0.1, 0.15) is 39.5 Å². The number of carboxylic acids is 1. The minimum Gasteiger partial charge on any atom is -0.481 e. The van der Waals surface area contributed by atoms with Crippen molar-refractivity contribution in [3.05, 3.63) is 0 Å². The summed E-state index contributed by atoms with van der Waals surface area (Å²) in [5.41, 5.74) is -1.19. The average molecular weight is 562 g/mol. The van der Waals surface area contributed by atoms with E-state index in [1.807, 2.05) is 0 Å². The van der Waals surface area contributed by atoms with Crippen LogP contribution < -0.4 is 0 Å². The van der Waals surface area contributed by atoms with Gasteiger partial charge in [-0.25, -0.2) is 19.4 Å². The molecule has 0 radical (unpaired) electrons. The number of epoxide rings is 1. The Morgan fingerprint density at radius 3 is 1.67 bits per heavy atom. The Morgan fingerprint density at radius 1 is 0.692 bits per heavy atom. The van der Waals surface area contributed by atoms with Gasteiger partial charge in [-0.15, -0.1) is 0 Å². The summed E-state index contributed by atoms with van der Waals surface area (Å²) >= 11 is 0. The Kier molecular flexibility index (Phi) is 13.2. The van der Waals surface area contributed by atoms with Crippen molar-refractivity contribution in [2.45, 2.75) is 45.6 Å². The highest BCUT2D eigenvalue weighted by Gasteiger charge is 2.34. The largest absolute Gasteiger partial charge is 0.481 e. The molecule has 0 spiro atoms. The molecule has 1 N–H and O–H groups in total. The van der Waals surface area contributed by atoms with Crippen LogP contribution in [0.15, 0.2) is 0 Å². The second kappa shape index (κ2) is 15.8. The van der Waals surface area contributed by atoms with Crippen molar-refractivity contribution in [1.82, 2.24) is 0 Å². The molecule has 0 bridgehead atoms. The topological polar surface area (TPSA) is 242 Å². The molecule has 1 aliphatic heterocycles. The van der Waals surface area contributed by atoms with E-state index in [0.717, 1.165) is 0 Å². The van der Waals surface area contributed by atoms with Gasteiger partial charge in [0.1, 0.15) is 45.0 Å². The fraction of sp³-hybridized carbons (Fsp3) is 0.591. The highest BCUT2D eigenvalue weighted by molar-refractivity contribution is 5.99. The second-order valence-electron chi connectivity index (χ2n) is 8.51. The predicted molar refractivity (Wildman–Crippen MR) is 116 cm³/mol. The summed E-state index contributed by atoms with van der Waals surface area (Å²) in [5.74, 6) is -10.3. The monoisotopic (exact) mass is 562 g/mol. The summed E-state index contributed by atoms with van der Waals surface area (Å²) in [4.78, 5) is 111. The molecule has 0 amide bonds. The third-order valence-electron chi connectivity index (χ3n) is 4.23. The molecule has 1 saturated heterocycles. The van der Waals surface area contributed by atoms with Crippen LogP contribution in [0, 0.1) is 5.41 Å². The number of hydrogen-bond acceptors (Lipinski definition) is 16. The fourth-order valence-corrected chi connectivity index (χ4v) is 2.14. The maximum absolute atomic E-state index is 12.0. The fourth-order valence-electron chi connectivity index (χ4n) is 2.14. The molecule has 0 aromatic carbocycles. The number of aliphatic carboxylic acids is 1. The van der Waals surface area contributed by atoms with Gasteiger partial charge in [-0.2, -0.15) is 0 Å². The molecule has 0 aromatic heterocycles. The number of ketones is 2. The Labute approximate surface area is 219 Å². The average Bonchev–Trinajstić information content (AvgIpc) is 3.66. The Morgan fingerprint density at radius 2 is 1.15 bits per heavy atom. The number of carboxylic acid groups (broad SMARTS) is 1. The number of rotatable bonds is 17. The van der Waals surface area contributed by atoms with Crippen LogP contribution in [0.25, 0.3) is 0 Å². The molecule has 1 rings (SSSR count). The molecule has 1 atom stereocenters. The van der Waals surface area contributed by atoms with Crippen LogP contribution in [-0.4, -0.2) is 97.6 Å². The first-order valence-corrected chi connectivity index (χ1v) is 11.1. The van der Waals surface area contributed by atoms with E-state index < -0.39 is 97.7 Å². The third kappa shape index (κ3) is 15.4. The van der Waals surface area contributed by atoms with E-state index >= 15 is 0 Å². The van der Waals surface area contributed by atoms with Crippen LogP contribution in [0.5, 0.6) is 0 Å². The Balaban J connectivity index is 2.21. The SMILES string of the molecule is CC(C)(COC(=O)CC(=O)COC(=O)CC(=O)OOC(=O)CC(=O)COC(=O)CC(=O)O)C(=O)OCC1CO1. The lowest BCUT2D eigenvalue weighted by molar-refractivity contribution is -0.258. The lowest BCUT2D eigenvalue weighted by atomic mass is 9.95. The molecule has 0 aliphatic carbocycles. The zero-order valence-electron chi connectivity index (χ0n) is 20.9. The Hall–Kier alpha value is -4.41. The van der Waals surface area contributed by atoms with Gasteiger partial charge in [0.15, 0.2) is 24.8 Å². The summed E-state index contributed by atoms with van der Waals surface area (Å²) in [5, 5.41) is 8.37. The second-order valence-corrected chi connectivity index (χ2v) is 8.51. The molecule has 39 heavy (non-hydrogen) atoms. The van der Waals surface area contributed by atoms with E-state index in [-0.39, 0.29) is 19.3 Å². The van der Waals surface area contributed by atoms with Crippen LogP contribution in [0.3, 0.4) is 0 Å². The molecule has 17 nitrogen and oxygen atoms in total. The van der Waals surface area contributed by atoms with E-state index in [1.54, 1.807) is 0 Å². The normalized spacial score (nSPS) is 13.7. The van der Waals surface area contributed by atoms with E-state index in [1.165, 1.54) is 13.8 Å². The molecule has 1 unspecified atom stereocenters. The number of carbonyl (C=O) groups is 9. The summed E-state index contributed by atoms with van der Waals surface area (Å²) in [6.07, 6.45) is -4.03. The standard InChI is InChI=1S/C22H26O17/c1-22(2,21(32)36-10-14-9-33-14)11-37-16(27)3-12(23)7-35-18(29)6-20(31)39-38-19(30)4-13(24)8-34-17(28)5-15(25)26/h14H,3-11H2,1-2H3,(H,25,26). The number of ether oxygens (including phenoxy) is 5. The Bertz CT molecular complexity index is 991. The van der Waals surface area contributed by atoms with Gasteiger partial charge in [0, 0.05) is 0 Å². The van der Waals surface area contributed by atoms with Crippen molar-refractivity contribution in [2.24, 2.45) is 5.41 Å². The first-order chi connectivity index (χ1) is 18.2. The molecule has 216 valence electrons. The maximum Gasteiger partial charge on any atom is 0.366 e. The number of carbonyl (C=O) groups excluding carboxylic acids is 8. The number of esters is 4. The summed E-state index contributed by atoms with van der Waals surface area (Å²) < 4.78 is 23.6. The molecule has 0 aromatic rings. The predicted octanol–water partition coefficient (Wildman–Crippen LogP) is -1.63. The van der Waals surface area contributed by atoms with Crippen LogP contribution in [0.2, 0.25) is 0 Å². The van der Waals surface area contributed by atoms with Crippen molar-refractivity contribution in [2.75, 3.05) is 33.0 Å². The summed E-state index contributed by atoms with van der Waals surface area (Å²) in [7, 11) is 0. The molecule has 17 heteroatoms. The third-order valence-corrected chi connectivity index (χ3v) is 4.23. The van der Waals surface area contributed by atoms with Crippen LogP contribution >= 0.6 is 0 Å². The van der Waals surface area contributed by atoms with Gasteiger partial charge in [0.2, 0.25) is 0 Å². The van der Waals surface area contributed by atoms with E-state index in [2.05, 4.69) is 19.2 Å². The van der Waals surface area contributed by atoms with Crippen molar-refractivity contribution < 1.29 is 81.7 Å². The van der Waals surface area contributed by atoms with Gasteiger partial charge in [-0.3, -0.25) is 33.6 Å². The minimum atomic E-state index is -1.49.